The minimum Gasteiger partial charge on any atom is -0.493 e. The summed E-state index contributed by atoms with van der Waals surface area (Å²) in [6, 6.07) is 16.2. The largest absolute Gasteiger partial charge is 0.493 e. The third kappa shape index (κ3) is 3.22. The Balaban J connectivity index is 2.12. The summed E-state index contributed by atoms with van der Waals surface area (Å²) >= 11 is 0. The lowest BCUT2D eigenvalue weighted by molar-refractivity contribution is 0.311. The molecule has 3 rings (SSSR count). The number of ether oxygens (including phenoxy) is 2. The maximum absolute atomic E-state index is 9.27. The zero-order chi connectivity index (χ0) is 17.8. The fraction of sp³-hybridized carbons (Fsp3) is 0.190. The minimum absolute atomic E-state index is 0.548. The van der Waals surface area contributed by atoms with E-state index in [4.69, 9.17) is 9.47 Å². The summed E-state index contributed by atoms with van der Waals surface area (Å²) in [5.41, 5.74) is 3.89. The lowest BCUT2D eigenvalue weighted by Crippen LogP contribution is -1.97. The Morgan fingerprint density at radius 3 is 2.60 bits per heavy atom. The van der Waals surface area contributed by atoms with Gasteiger partial charge < -0.3 is 14.0 Å². The first kappa shape index (κ1) is 16.7. The number of rotatable bonds is 5. The van der Waals surface area contributed by atoms with Crippen LogP contribution in [0, 0.1) is 11.3 Å². The maximum atomic E-state index is 9.27. The molecule has 0 radical (unpaired) electrons. The third-order valence-electron chi connectivity index (χ3n) is 4.18. The van der Waals surface area contributed by atoms with Gasteiger partial charge in [-0.1, -0.05) is 18.2 Å². The number of fused-ring (bicyclic) bond motifs is 1. The molecule has 126 valence electrons. The molecule has 25 heavy (non-hydrogen) atoms. The van der Waals surface area contributed by atoms with Crippen LogP contribution >= 0.6 is 0 Å². The van der Waals surface area contributed by atoms with Crippen molar-refractivity contribution in [2.24, 2.45) is 7.05 Å². The normalized spacial score (nSPS) is 11.4. The Hall–Kier alpha value is -3.19. The Bertz CT molecular complexity index is 977. The SMILES string of the molecule is CCOc1cc(/C(=C\C#N)c2ccc3ccn(C)c3c2)ccc1OC. The van der Waals surface area contributed by atoms with Gasteiger partial charge in [-0.05, 0) is 53.3 Å². The highest BCUT2D eigenvalue weighted by Crippen LogP contribution is 2.34. The Kier molecular flexibility index (Phi) is 4.76. The number of benzene rings is 2. The number of nitriles is 1. The number of hydrogen-bond acceptors (Lipinski definition) is 3. The van der Waals surface area contributed by atoms with Crippen molar-refractivity contribution in [1.82, 2.24) is 4.57 Å². The van der Waals surface area contributed by atoms with Crippen molar-refractivity contribution in [3.05, 3.63) is 65.9 Å². The Morgan fingerprint density at radius 1 is 1.12 bits per heavy atom. The van der Waals surface area contributed by atoms with Crippen LogP contribution in [0.25, 0.3) is 16.5 Å². The van der Waals surface area contributed by atoms with E-state index in [0.717, 1.165) is 22.2 Å². The predicted octanol–water partition coefficient (Wildman–Crippen LogP) is 4.54. The van der Waals surface area contributed by atoms with E-state index in [1.807, 2.05) is 44.4 Å². The summed E-state index contributed by atoms with van der Waals surface area (Å²) in [6.45, 7) is 2.48. The average molecular weight is 332 g/mol. The van der Waals surface area contributed by atoms with Crippen LogP contribution in [0.3, 0.4) is 0 Å². The quantitative estimate of drug-likeness (QED) is 0.644. The van der Waals surface area contributed by atoms with Crippen molar-refractivity contribution < 1.29 is 9.47 Å². The minimum atomic E-state index is 0.548. The molecule has 4 heteroatoms. The first-order valence-electron chi connectivity index (χ1n) is 8.14. The van der Waals surface area contributed by atoms with E-state index in [1.54, 1.807) is 13.2 Å². The third-order valence-corrected chi connectivity index (χ3v) is 4.18. The second-order valence-corrected chi connectivity index (χ2v) is 5.69. The molecule has 0 spiro atoms. The topological polar surface area (TPSA) is 47.2 Å². The molecule has 0 unspecified atom stereocenters. The molecule has 1 aromatic heterocycles. The van der Waals surface area contributed by atoms with Gasteiger partial charge in [0.2, 0.25) is 0 Å². The van der Waals surface area contributed by atoms with Gasteiger partial charge in [0.1, 0.15) is 0 Å². The van der Waals surface area contributed by atoms with E-state index in [0.29, 0.717) is 18.1 Å². The number of aromatic nitrogens is 1. The molecule has 0 aliphatic carbocycles. The zero-order valence-corrected chi connectivity index (χ0v) is 14.6. The molecule has 0 aliphatic rings. The van der Waals surface area contributed by atoms with E-state index >= 15 is 0 Å². The second kappa shape index (κ2) is 7.14. The lowest BCUT2D eigenvalue weighted by atomic mass is 9.96. The maximum Gasteiger partial charge on any atom is 0.161 e. The number of nitrogens with zero attached hydrogens (tertiary/aromatic N) is 2. The molecule has 0 N–H and O–H groups in total. The molecule has 0 saturated heterocycles. The van der Waals surface area contributed by atoms with E-state index in [1.165, 1.54) is 5.39 Å². The summed E-state index contributed by atoms with van der Waals surface area (Å²) in [4.78, 5) is 0. The van der Waals surface area contributed by atoms with Crippen LogP contribution in [0.5, 0.6) is 11.5 Å². The van der Waals surface area contributed by atoms with Crippen molar-refractivity contribution in [2.45, 2.75) is 6.92 Å². The molecule has 0 bridgehead atoms. The fourth-order valence-corrected chi connectivity index (χ4v) is 2.94. The molecule has 4 nitrogen and oxygen atoms in total. The number of aryl methyl sites for hydroxylation is 1. The molecule has 1 heterocycles. The van der Waals surface area contributed by atoms with Gasteiger partial charge in [0, 0.05) is 24.8 Å². The average Bonchev–Trinajstić information content (AvgIpc) is 3.00. The molecule has 0 aliphatic heterocycles. The van der Waals surface area contributed by atoms with E-state index in [-0.39, 0.29) is 0 Å². The molecule has 0 fully saturated rings. The van der Waals surface area contributed by atoms with Crippen molar-refractivity contribution >= 4 is 16.5 Å². The Labute approximate surface area is 147 Å². The number of hydrogen-bond donors (Lipinski definition) is 0. The molecule has 3 aromatic rings. The van der Waals surface area contributed by atoms with E-state index in [2.05, 4.69) is 28.8 Å². The molecular weight excluding hydrogens is 312 g/mol. The van der Waals surface area contributed by atoms with Crippen molar-refractivity contribution in [2.75, 3.05) is 13.7 Å². The van der Waals surface area contributed by atoms with E-state index < -0.39 is 0 Å². The highest BCUT2D eigenvalue weighted by molar-refractivity contribution is 5.89. The van der Waals surface area contributed by atoms with Gasteiger partial charge in [0.25, 0.3) is 0 Å². The molecule has 0 atom stereocenters. The Morgan fingerprint density at radius 2 is 1.88 bits per heavy atom. The summed E-state index contributed by atoms with van der Waals surface area (Å²) in [5.74, 6) is 1.35. The van der Waals surface area contributed by atoms with Gasteiger partial charge in [0.15, 0.2) is 11.5 Å². The monoisotopic (exact) mass is 332 g/mol. The summed E-state index contributed by atoms with van der Waals surface area (Å²) in [7, 11) is 3.63. The summed E-state index contributed by atoms with van der Waals surface area (Å²) in [6.07, 6.45) is 3.60. The van der Waals surface area contributed by atoms with E-state index in [9.17, 15) is 5.26 Å². The fourth-order valence-electron chi connectivity index (χ4n) is 2.94. The van der Waals surface area contributed by atoms with Gasteiger partial charge in [-0.3, -0.25) is 0 Å². The van der Waals surface area contributed by atoms with Crippen LogP contribution in [0.4, 0.5) is 0 Å². The lowest BCUT2D eigenvalue weighted by Gasteiger charge is -2.13. The first-order valence-corrected chi connectivity index (χ1v) is 8.14. The van der Waals surface area contributed by atoms with Crippen molar-refractivity contribution in [3.63, 3.8) is 0 Å². The van der Waals surface area contributed by atoms with Gasteiger partial charge in [-0.25, -0.2) is 0 Å². The van der Waals surface area contributed by atoms with Crippen LogP contribution in [0.2, 0.25) is 0 Å². The van der Waals surface area contributed by atoms with Gasteiger partial charge in [0.05, 0.1) is 19.8 Å². The van der Waals surface area contributed by atoms with Crippen LogP contribution in [-0.2, 0) is 7.05 Å². The smallest absolute Gasteiger partial charge is 0.161 e. The second-order valence-electron chi connectivity index (χ2n) is 5.69. The van der Waals surface area contributed by atoms with Crippen LogP contribution in [0.1, 0.15) is 18.1 Å². The molecule has 0 amide bonds. The predicted molar refractivity (Wildman–Crippen MR) is 99.8 cm³/mol. The summed E-state index contributed by atoms with van der Waals surface area (Å²) < 4.78 is 13.1. The summed E-state index contributed by atoms with van der Waals surface area (Å²) in [5, 5.41) is 10.4. The van der Waals surface area contributed by atoms with Gasteiger partial charge >= 0.3 is 0 Å². The van der Waals surface area contributed by atoms with Crippen LogP contribution in [-0.4, -0.2) is 18.3 Å². The van der Waals surface area contributed by atoms with Crippen molar-refractivity contribution in [1.29, 1.82) is 5.26 Å². The van der Waals surface area contributed by atoms with Crippen molar-refractivity contribution in [3.8, 4) is 17.6 Å². The number of methoxy groups -OCH3 is 1. The van der Waals surface area contributed by atoms with Gasteiger partial charge in [-0.15, -0.1) is 0 Å². The number of allylic oxidation sites excluding steroid dienone is 1. The van der Waals surface area contributed by atoms with Gasteiger partial charge in [-0.2, -0.15) is 5.26 Å². The standard InChI is InChI=1S/C21H20N2O2/c1-4-25-21-14-17(7-8-20(21)24-3)18(9-11-22)16-6-5-15-10-12-23(2)19(15)13-16/h5-10,12-14H,4H2,1-3H3/b18-9-. The highest BCUT2D eigenvalue weighted by atomic mass is 16.5. The first-order chi connectivity index (χ1) is 12.2. The molecule has 0 saturated carbocycles. The van der Waals surface area contributed by atoms with Crippen LogP contribution < -0.4 is 9.47 Å². The molecular formula is C21H20N2O2. The highest BCUT2D eigenvalue weighted by Gasteiger charge is 2.11. The zero-order valence-electron chi connectivity index (χ0n) is 14.6. The molecule has 2 aromatic carbocycles. The van der Waals surface area contributed by atoms with Crippen LogP contribution in [0.15, 0.2) is 54.7 Å².